The molecule has 1 aromatic carbocycles. The smallest absolute Gasteiger partial charge is 0.255 e. The number of aryl methyl sites for hydroxylation is 2. The molecule has 3 heterocycles. The summed E-state index contributed by atoms with van der Waals surface area (Å²) in [6.07, 6.45) is 5.15. The molecule has 0 spiro atoms. The lowest BCUT2D eigenvalue weighted by atomic mass is 10.0. The third kappa shape index (κ3) is 4.92. The fourth-order valence-corrected chi connectivity index (χ4v) is 3.44. The number of benzene rings is 1. The number of aromatic amines is 1. The number of carbonyl (C=O) groups excluding carboxylic acids is 1. The van der Waals surface area contributed by atoms with Crippen LogP contribution in [0.2, 0.25) is 0 Å². The van der Waals surface area contributed by atoms with Gasteiger partial charge in [-0.05, 0) is 31.5 Å². The minimum atomic E-state index is -0.402. The van der Waals surface area contributed by atoms with Crippen LogP contribution in [0.25, 0.3) is 11.4 Å². The Morgan fingerprint density at radius 1 is 1.06 bits per heavy atom. The molecule has 8 heteroatoms. The van der Waals surface area contributed by atoms with Crippen molar-refractivity contribution >= 4 is 5.91 Å². The summed E-state index contributed by atoms with van der Waals surface area (Å²) in [5.41, 5.74) is 2.91. The number of pyridine rings is 1. The lowest BCUT2D eigenvalue weighted by Gasteiger charge is -2.20. The Balaban J connectivity index is 1.66. The first-order valence-electron chi connectivity index (χ1n) is 10.2. The highest BCUT2D eigenvalue weighted by molar-refractivity contribution is 5.95. The number of carbonyl (C=O) groups is 1. The zero-order valence-corrected chi connectivity index (χ0v) is 17.7. The molecule has 0 bridgehead atoms. The van der Waals surface area contributed by atoms with Crippen LogP contribution in [0.4, 0.5) is 0 Å². The van der Waals surface area contributed by atoms with Crippen LogP contribution < -0.4 is 10.9 Å². The lowest BCUT2D eigenvalue weighted by Crippen LogP contribution is -2.31. The van der Waals surface area contributed by atoms with E-state index < -0.39 is 6.04 Å². The highest BCUT2D eigenvalue weighted by Gasteiger charge is 2.20. The van der Waals surface area contributed by atoms with Crippen molar-refractivity contribution < 1.29 is 4.79 Å². The molecule has 4 aromatic rings. The van der Waals surface area contributed by atoms with Crippen LogP contribution in [0.15, 0.2) is 71.9 Å². The third-order valence-electron chi connectivity index (χ3n) is 4.99. The van der Waals surface area contributed by atoms with E-state index in [1.54, 1.807) is 32.3 Å². The summed E-state index contributed by atoms with van der Waals surface area (Å²) in [6.45, 7) is 3.56. The number of H-pyrrole nitrogens is 1. The maximum atomic E-state index is 13.0. The molecule has 1 unspecified atom stereocenters. The molecule has 1 amide bonds. The number of amides is 1. The minimum Gasteiger partial charge on any atom is -0.345 e. The third-order valence-corrected chi connectivity index (χ3v) is 4.99. The average molecular weight is 426 g/mol. The first-order chi connectivity index (χ1) is 15.5. The minimum absolute atomic E-state index is 0.269. The van der Waals surface area contributed by atoms with Crippen LogP contribution in [-0.2, 0) is 6.42 Å². The van der Waals surface area contributed by atoms with Gasteiger partial charge in [0.15, 0.2) is 0 Å². The van der Waals surface area contributed by atoms with Crippen LogP contribution in [0.5, 0.6) is 0 Å². The molecule has 0 aliphatic rings. The summed E-state index contributed by atoms with van der Waals surface area (Å²) in [7, 11) is 0. The Hall–Kier alpha value is -4.20. The van der Waals surface area contributed by atoms with E-state index in [9.17, 15) is 9.59 Å². The zero-order valence-electron chi connectivity index (χ0n) is 17.7. The van der Waals surface area contributed by atoms with Gasteiger partial charge in [-0.2, -0.15) is 0 Å². The van der Waals surface area contributed by atoms with Gasteiger partial charge in [0.25, 0.3) is 11.5 Å². The Morgan fingerprint density at radius 3 is 2.59 bits per heavy atom. The zero-order chi connectivity index (χ0) is 22.5. The summed E-state index contributed by atoms with van der Waals surface area (Å²) in [4.78, 5) is 45.2. The quantitative estimate of drug-likeness (QED) is 0.490. The van der Waals surface area contributed by atoms with Gasteiger partial charge in [0.1, 0.15) is 11.6 Å². The molecule has 2 N–H and O–H groups in total. The van der Waals surface area contributed by atoms with Gasteiger partial charge in [0.05, 0.1) is 23.0 Å². The van der Waals surface area contributed by atoms with E-state index in [2.05, 4.69) is 30.2 Å². The first-order valence-corrected chi connectivity index (χ1v) is 10.2. The van der Waals surface area contributed by atoms with Crippen molar-refractivity contribution in [2.75, 3.05) is 0 Å². The van der Waals surface area contributed by atoms with E-state index in [1.807, 2.05) is 36.4 Å². The normalized spacial score (nSPS) is 11.7. The first kappa shape index (κ1) is 21.0. The fourth-order valence-electron chi connectivity index (χ4n) is 3.44. The van der Waals surface area contributed by atoms with Gasteiger partial charge in [-0.15, -0.1) is 0 Å². The largest absolute Gasteiger partial charge is 0.345 e. The molecule has 0 fully saturated rings. The highest BCUT2D eigenvalue weighted by atomic mass is 16.1. The molecular weight excluding hydrogens is 404 g/mol. The summed E-state index contributed by atoms with van der Waals surface area (Å²) in [5.74, 6) is 0.754. The van der Waals surface area contributed by atoms with Gasteiger partial charge >= 0.3 is 0 Å². The van der Waals surface area contributed by atoms with Gasteiger partial charge in [0.2, 0.25) is 0 Å². The number of hydrogen-bond donors (Lipinski definition) is 2. The van der Waals surface area contributed by atoms with E-state index in [0.717, 1.165) is 5.56 Å². The Morgan fingerprint density at radius 2 is 1.88 bits per heavy atom. The summed E-state index contributed by atoms with van der Waals surface area (Å²) >= 11 is 0. The second-order valence-electron chi connectivity index (χ2n) is 7.38. The van der Waals surface area contributed by atoms with Crippen LogP contribution in [0.1, 0.15) is 39.2 Å². The van der Waals surface area contributed by atoms with Crippen LogP contribution in [0, 0.1) is 13.8 Å². The SMILES string of the molecule is Cc1ncc(C(=O)NC(Cc2cc(=O)[nH]c(-c3cccnc3)n2)c2ccccc2)c(C)n1. The molecule has 8 nitrogen and oxygen atoms in total. The number of aromatic nitrogens is 5. The maximum Gasteiger partial charge on any atom is 0.255 e. The molecular formula is C24H22N6O2. The van der Waals surface area contributed by atoms with E-state index in [-0.39, 0.29) is 11.5 Å². The van der Waals surface area contributed by atoms with Gasteiger partial charge in [-0.1, -0.05) is 30.3 Å². The van der Waals surface area contributed by atoms with Gasteiger partial charge in [-0.3, -0.25) is 14.6 Å². The van der Waals surface area contributed by atoms with Gasteiger partial charge in [-0.25, -0.2) is 15.0 Å². The van der Waals surface area contributed by atoms with Gasteiger partial charge < -0.3 is 10.3 Å². The standard InChI is InChI=1S/C24H22N6O2/c1-15-20(14-26-16(2)27-15)24(32)29-21(17-7-4-3-5-8-17)11-19-12-22(31)30-23(28-19)18-9-6-10-25-13-18/h3-10,12-14,21H,11H2,1-2H3,(H,29,32)(H,28,30,31). The second kappa shape index (κ2) is 9.30. The molecule has 160 valence electrons. The second-order valence-corrected chi connectivity index (χ2v) is 7.38. The fraction of sp³-hybridized carbons (Fsp3) is 0.167. The molecule has 4 rings (SSSR count). The predicted octanol–water partition coefficient (Wildman–Crippen LogP) is 2.95. The topological polar surface area (TPSA) is 114 Å². The van der Waals surface area contributed by atoms with E-state index in [4.69, 9.17) is 0 Å². The van der Waals surface area contributed by atoms with Crippen LogP contribution >= 0.6 is 0 Å². The maximum absolute atomic E-state index is 13.0. The van der Waals surface area contributed by atoms with Crippen LogP contribution in [0.3, 0.4) is 0 Å². The molecule has 0 radical (unpaired) electrons. The lowest BCUT2D eigenvalue weighted by molar-refractivity contribution is 0.0935. The van der Waals surface area contributed by atoms with Crippen molar-refractivity contribution in [1.29, 1.82) is 0 Å². The molecule has 3 aromatic heterocycles. The van der Waals surface area contributed by atoms with Crippen LogP contribution in [-0.4, -0.2) is 30.8 Å². The number of nitrogens with zero attached hydrogens (tertiary/aromatic N) is 4. The van der Waals surface area contributed by atoms with Crippen molar-refractivity contribution in [3.63, 3.8) is 0 Å². The summed E-state index contributed by atoms with van der Waals surface area (Å²) in [5, 5.41) is 3.05. The monoisotopic (exact) mass is 426 g/mol. The van der Waals surface area contributed by atoms with Crippen molar-refractivity contribution in [3.05, 3.63) is 106 Å². The molecule has 32 heavy (non-hydrogen) atoms. The molecule has 0 saturated carbocycles. The van der Waals surface area contributed by atoms with Gasteiger partial charge in [0, 0.05) is 36.6 Å². The number of nitrogens with one attached hydrogen (secondary N) is 2. The van der Waals surface area contributed by atoms with E-state index in [1.165, 1.54) is 12.3 Å². The summed E-state index contributed by atoms with van der Waals surface area (Å²) < 4.78 is 0. The Labute approximate surface area is 184 Å². The van der Waals surface area contributed by atoms with Crippen molar-refractivity contribution in [2.24, 2.45) is 0 Å². The van der Waals surface area contributed by atoms with E-state index >= 15 is 0 Å². The van der Waals surface area contributed by atoms with Crippen molar-refractivity contribution in [2.45, 2.75) is 26.3 Å². The summed E-state index contributed by atoms with van der Waals surface area (Å²) in [6, 6.07) is 14.2. The Bertz CT molecular complexity index is 1290. The molecule has 1 atom stereocenters. The van der Waals surface area contributed by atoms with E-state index in [0.29, 0.717) is 40.6 Å². The number of rotatable bonds is 6. The van der Waals surface area contributed by atoms with Crippen molar-refractivity contribution in [3.8, 4) is 11.4 Å². The molecule has 0 saturated heterocycles. The highest BCUT2D eigenvalue weighted by Crippen LogP contribution is 2.20. The molecule has 0 aliphatic heterocycles. The molecule has 0 aliphatic carbocycles. The Kier molecular flexibility index (Phi) is 6.12. The number of hydrogen-bond acceptors (Lipinski definition) is 6. The predicted molar refractivity (Wildman–Crippen MR) is 120 cm³/mol. The average Bonchev–Trinajstić information content (AvgIpc) is 2.79. The van der Waals surface area contributed by atoms with Crippen molar-refractivity contribution in [1.82, 2.24) is 30.2 Å².